The topological polar surface area (TPSA) is 37.4 Å². The van der Waals surface area contributed by atoms with Crippen LogP contribution in [-0.2, 0) is 10.0 Å². The van der Waals surface area contributed by atoms with Crippen molar-refractivity contribution in [3.8, 4) is 0 Å². The second kappa shape index (κ2) is 4.97. The van der Waals surface area contributed by atoms with Crippen LogP contribution in [0.25, 0.3) is 0 Å². The molecule has 2 aromatic rings. The number of sulfonamides is 1. The lowest BCUT2D eigenvalue weighted by Gasteiger charge is -2.19. The Labute approximate surface area is 110 Å². The first-order valence-corrected chi connectivity index (χ1v) is 6.86. The van der Waals surface area contributed by atoms with Gasteiger partial charge in [0, 0.05) is 7.05 Å². The van der Waals surface area contributed by atoms with E-state index in [0.717, 1.165) is 22.5 Å². The zero-order chi connectivity index (χ0) is 14.0. The van der Waals surface area contributed by atoms with Gasteiger partial charge in [0.25, 0.3) is 10.0 Å². The van der Waals surface area contributed by atoms with E-state index >= 15 is 0 Å². The molecule has 6 heteroatoms. The molecule has 0 spiro atoms. The predicted octanol–water partition coefficient (Wildman–Crippen LogP) is 2.79. The van der Waals surface area contributed by atoms with E-state index in [-0.39, 0.29) is 5.69 Å². The van der Waals surface area contributed by atoms with Crippen molar-refractivity contribution in [3.05, 3.63) is 60.2 Å². The summed E-state index contributed by atoms with van der Waals surface area (Å²) < 4.78 is 51.7. The van der Waals surface area contributed by atoms with Gasteiger partial charge in [-0.25, -0.2) is 17.2 Å². The first-order valence-electron chi connectivity index (χ1n) is 5.42. The van der Waals surface area contributed by atoms with Crippen LogP contribution in [0.4, 0.5) is 14.5 Å². The number of anilines is 1. The van der Waals surface area contributed by atoms with Gasteiger partial charge in [0.2, 0.25) is 0 Å². The van der Waals surface area contributed by atoms with Gasteiger partial charge in [0.05, 0.1) is 5.69 Å². The van der Waals surface area contributed by atoms with Crippen molar-refractivity contribution in [1.29, 1.82) is 0 Å². The summed E-state index contributed by atoms with van der Waals surface area (Å²) in [6, 6.07) is 10.0. The monoisotopic (exact) mass is 283 g/mol. The Balaban J connectivity index is 2.45. The lowest BCUT2D eigenvalue weighted by Crippen LogP contribution is -2.27. The van der Waals surface area contributed by atoms with Crippen molar-refractivity contribution >= 4 is 15.7 Å². The quantitative estimate of drug-likeness (QED) is 0.868. The first-order chi connectivity index (χ1) is 8.93. The molecule has 100 valence electrons. The van der Waals surface area contributed by atoms with Crippen molar-refractivity contribution in [1.82, 2.24) is 0 Å². The van der Waals surface area contributed by atoms with E-state index in [9.17, 15) is 17.2 Å². The van der Waals surface area contributed by atoms with Crippen LogP contribution in [0.15, 0.2) is 53.4 Å². The van der Waals surface area contributed by atoms with Crippen molar-refractivity contribution in [2.45, 2.75) is 4.90 Å². The molecular weight excluding hydrogens is 272 g/mol. The van der Waals surface area contributed by atoms with Crippen LogP contribution >= 0.6 is 0 Å². The van der Waals surface area contributed by atoms with Crippen LogP contribution in [0.1, 0.15) is 0 Å². The summed E-state index contributed by atoms with van der Waals surface area (Å²) in [5.41, 5.74) is 0.254. The van der Waals surface area contributed by atoms with E-state index in [2.05, 4.69) is 0 Å². The predicted molar refractivity (Wildman–Crippen MR) is 68.4 cm³/mol. The number of hydrogen-bond donors (Lipinski definition) is 0. The van der Waals surface area contributed by atoms with E-state index in [1.807, 2.05) is 0 Å². The molecule has 2 rings (SSSR count). The highest BCUT2D eigenvalue weighted by Gasteiger charge is 2.24. The van der Waals surface area contributed by atoms with E-state index in [1.165, 1.54) is 37.4 Å². The molecule has 0 unspecified atom stereocenters. The van der Waals surface area contributed by atoms with Crippen molar-refractivity contribution in [3.63, 3.8) is 0 Å². The Morgan fingerprint density at radius 2 is 1.53 bits per heavy atom. The molecule has 0 saturated carbocycles. The van der Waals surface area contributed by atoms with Crippen LogP contribution in [0.3, 0.4) is 0 Å². The molecule has 3 nitrogen and oxygen atoms in total. The van der Waals surface area contributed by atoms with Gasteiger partial charge >= 0.3 is 0 Å². The maximum absolute atomic E-state index is 13.6. The molecule has 0 atom stereocenters. The molecule has 0 bridgehead atoms. The molecule has 19 heavy (non-hydrogen) atoms. The molecule has 0 N–H and O–H groups in total. The minimum Gasteiger partial charge on any atom is -0.269 e. The minimum absolute atomic E-state index is 0.254. The number of hydrogen-bond acceptors (Lipinski definition) is 2. The van der Waals surface area contributed by atoms with Gasteiger partial charge < -0.3 is 0 Å². The maximum Gasteiger partial charge on any atom is 0.266 e. The fraction of sp³-hybridized carbons (Fsp3) is 0.0769. The Bertz CT molecular complexity index is 684. The third-order valence-corrected chi connectivity index (χ3v) is 4.48. The standard InChI is InChI=1S/C13H11F2NO2S/c1-16(11-8-6-10(14)7-9-11)19(17,18)13-5-3-2-4-12(13)15/h2-9H,1H3. The van der Waals surface area contributed by atoms with E-state index in [4.69, 9.17) is 0 Å². The highest BCUT2D eigenvalue weighted by molar-refractivity contribution is 7.92. The van der Waals surface area contributed by atoms with Gasteiger partial charge in [-0.1, -0.05) is 12.1 Å². The first kappa shape index (κ1) is 13.5. The fourth-order valence-electron chi connectivity index (χ4n) is 1.59. The normalized spacial score (nSPS) is 11.3. The van der Waals surface area contributed by atoms with Crippen molar-refractivity contribution in [2.24, 2.45) is 0 Å². The summed E-state index contributed by atoms with van der Waals surface area (Å²) in [6.07, 6.45) is 0. The molecule has 0 aliphatic heterocycles. The molecule has 0 amide bonds. The van der Waals surface area contributed by atoms with Gasteiger partial charge in [0.1, 0.15) is 16.5 Å². The number of nitrogens with zero attached hydrogens (tertiary/aromatic N) is 1. The second-order valence-corrected chi connectivity index (χ2v) is 5.82. The second-order valence-electron chi connectivity index (χ2n) is 3.88. The molecule has 0 aliphatic rings. The van der Waals surface area contributed by atoms with Gasteiger partial charge in [-0.3, -0.25) is 4.31 Å². The SMILES string of the molecule is CN(c1ccc(F)cc1)S(=O)(=O)c1ccccc1F. The minimum atomic E-state index is -4.00. The number of halogens is 2. The van der Waals surface area contributed by atoms with Crippen molar-refractivity contribution < 1.29 is 17.2 Å². The average Bonchev–Trinajstić information content (AvgIpc) is 2.39. The van der Waals surface area contributed by atoms with Crippen LogP contribution in [-0.4, -0.2) is 15.5 Å². The summed E-state index contributed by atoms with van der Waals surface area (Å²) in [5.74, 6) is -1.29. The fourth-order valence-corrected chi connectivity index (χ4v) is 2.85. The molecule has 0 fully saturated rings. The molecule has 2 aromatic carbocycles. The van der Waals surface area contributed by atoms with Crippen LogP contribution in [0.2, 0.25) is 0 Å². The summed E-state index contributed by atoms with van der Waals surface area (Å²) in [5, 5.41) is 0. The summed E-state index contributed by atoms with van der Waals surface area (Å²) >= 11 is 0. The molecule has 0 aliphatic carbocycles. The zero-order valence-electron chi connectivity index (χ0n) is 10.0. The third-order valence-electron chi connectivity index (χ3n) is 2.67. The molecule has 0 heterocycles. The molecule has 0 saturated heterocycles. The van der Waals surface area contributed by atoms with Gasteiger partial charge in [0.15, 0.2) is 0 Å². The van der Waals surface area contributed by atoms with Crippen molar-refractivity contribution in [2.75, 3.05) is 11.4 Å². The van der Waals surface area contributed by atoms with Gasteiger partial charge in [-0.15, -0.1) is 0 Å². The Morgan fingerprint density at radius 3 is 2.11 bits per heavy atom. The number of benzene rings is 2. The van der Waals surface area contributed by atoms with Gasteiger partial charge in [-0.05, 0) is 36.4 Å². The van der Waals surface area contributed by atoms with Crippen LogP contribution in [0.5, 0.6) is 0 Å². The highest BCUT2D eigenvalue weighted by atomic mass is 32.2. The Kier molecular flexibility index (Phi) is 3.53. The average molecular weight is 283 g/mol. The summed E-state index contributed by atoms with van der Waals surface area (Å²) in [6.45, 7) is 0. The summed E-state index contributed by atoms with van der Waals surface area (Å²) in [7, 11) is -2.71. The Hall–Kier alpha value is -1.95. The Morgan fingerprint density at radius 1 is 0.947 bits per heavy atom. The largest absolute Gasteiger partial charge is 0.269 e. The highest BCUT2D eigenvalue weighted by Crippen LogP contribution is 2.23. The van der Waals surface area contributed by atoms with Crippen LogP contribution < -0.4 is 4.31 Å². The maximum atomic E-state index is 13.6. The lowest BCUT2D eigenvalue weighted by atomic mass is 10.3. The lowest BCUT2D eigenvalue weighted by molar-refractivity contribution is 0.565. The van der Waals surface area contributed by atoms with E-state index in [0.29, 0.717) is 0 Å². The molecule has 0 aromatic heterocycles. The molecule has 0 radical (unpaired) electrons. The zero-order valence-corrected chi connectivity index (χ0v) is 10.9. The van der Waals surface area contributed by atoms with E-state index in [1.54, 1.807) is 0 Å². The smallest absolute Gasteiger partial charge is 0.266 e. The van der Waals surface area contributed by atoms with Crippen LogP contribution in [0, 0.1) is 11.6 Å². The van der Waals surface area contributed by atoms with E-state index < -0.39 is 26.6 Å². The van der Waals surface area contributed by atoms with Gasteiger partial charge in [-0.2, -0.15) is 0 Å². The number of rotatable bonds is 3. The third kappa shape index (κ3) is 2.58. The molecular formula is C13H11F2NO2S. The summed E-state index contributed by atoms with van der Waals surface area (Å²) in [4.78, 5) is -0.415.